The van der Waals surface area contributed by atoms with E-state index in [1.165, 1.54) is 23.5 Å². The number of benzene rings is 4. The zero-order valence-corrected chi connectivity index (χ0v) is 27.7. The maximum absolute atomic E-state index is 13.3. The Morgan fingerprint density at radius 3 is 1.35 bits per heavy atom. The molecule has 0 aliphatic heterocycles. The summed E-state index contributed by atoms with van der Waals surface area (Å²) >= 11 is 2.83. The molecule has 4 aromatic carbocycles. The predicted octanol–water partition coefficient (Wildman–Crippen LogP) is 5.71. The molecule has 0 saturated heterocycles. The summed E-state index contributed by atoms with van der Waals surface area (Å²) in [6.07, 6.45) is 3.62. The van der Waals surface area contributed by atoms with Crippen molar-refractivity contribution in [1.82, 2.24) is 0 Å². The van der Waals surface area contributed by atoms with Crippen molar-refractivity contribution in [2.75, 3.05) is 12.5 Å². The summed E-state index contributed by atoms with van der Waals surface area (Å²) in [5.41, 5.74) is 2.31. The molecule has 0 aromatic heterocycles. The Labute approximate surface area is 285 Å². The molecule has 10 nitrogen and oxygen atoms in total. The van der Waals surface area contributed by atoms with E-state index >= 15 is 0 Å². The van der Waals surface area contributed by atoms with E-state index in [1.807, 2.05) is 48.9 Å². The van der Waals surface area contributed by atoms with Crippen molar-refractivity contribution in [3.8, 4) is 11.1 Å². The number of thioether (sulfide) groups is 2. The first-order chi connectivity index (χ1) is 23.1. The number of carboxylic acid groups (broad SMARTS) is 2. The largest absolute Gasteiger partial charge is 0.480 e. The Hall–Kier alpha value is -5.20. The van der Waals surface area contributed by atoms with E-state index in [0.29, 0.717) is 33.4 Å². The number of carbonyl (C=O) groups is 2. The van der Waals surface area contributed by atoms with Crippen LogP contribution < -0.4 is 11.7 Å². The second kappa shape index (κ2) is 12.4. The van der Waals surface area contributed by atoms with Crippen molar-refractivity contribution in [1.29, 1.82) is 10.8 Å². The number of hydrogen-bond acceptors (Lipinski definition) is 10. The summed E-state index contributed by atoms with van der Waals surface area (Å²) in [6, 6.07) is 25.2. The molecule has 0 bridgehead atoms. The molecule has 0 radical (unpaired) electrons. The second-order valence-corrected chi connectivity index (χ2v) is 13.3. The fourth-order valence-electron chi connectivity index (χ4n) is 7.09. The Morgan fingerprint density at radius 1 is 0.646 bits per heavy atom. The van der Waals surface area contributed by atoms with Gasteiger partial charge in [-0.2, -0.15) is 10.2 Å². The molecule has 8 N–H and O–H groups in total. The average molecular weight is 677 g/mol. The van der Waals surface area contributed by atoms with E-state index in [1.54, 1.807) is 48.5 Å². The van der Waals surface area contributed by atoms with E-state index in [2.05, 4.69) is 10.2 Å². The van der Waals surface area contributed by atoms with Gasteiger partial charge in [0.15, 0.2) is 0 Å². The first kappa shape index (κ1) is 32.7. The van der Waals surface area contributed by atoms with Crippen LogP contribution >= 0.6 is 23.5 Å². The standard InChI is InChI=1S/C36H32N6O4S2/c1-47-29-15-19(11-13-25(29)35(33(43)44)17-27(41-39)31(37)21-7-3-5-9-23(21)35)20-12-14-26(30(16-20)48-2)36(34(45)46)18-28(42-40)32(38)22-8-4-6-10-24(22)36/h3-16,37-38H,17-18,39-40H2,1-2H3,(H,43,44)(H,45,46)/b37-31?,38-32?,41-27-,42-28+. The van der Waals surface area contributed by atoms with Gasteiger partial charge in [0.1, 0.15) is 10.8 Å². The number of hydrogen-bond donors (Lipinski definition) is 6. The molecule has 0 heterocycles. The summed E-state index contributed by atoms with van der Waals surface area (Å²) in [4.78, 5) is 28.0. The van der Waals surface area contributed by atoms with Crippen LogP contribution in [0.3, 0.4) is 0 Å². The zero-order chi connectivity index (χ0) is 34.4. The third-order valence-electron chi connectivity index (χ3n) is 9.45. The number of carboxylic acids is 2. The molecule has 0 saturated carbocycles. The average Bonchev–Trinajstić information content (AvgIpc) is 3.11. The summed E-state index contributed by atoms with van der Waals surface area (Å²) in [5.74, 6) is 9.22. The molecule has 4 aromatic rings. The quantitative estimate of drug-likeness (QED) is 0.0812. The topological polar surface area (TPSA) is 199 Å². The normalized spacial score (nSPS) is 22.0. The van der Waals surface area contributed by atoms with Gasteiger partial charge in [0.25, 0.3) is 0 Å². The number of nitrogens with two attached hydrogens (primary N) is 2. The van der Waals surface area contributed by atoms with Crippen molar-refractivity contribution in [2.24, 2.45) is 21.9 Å². The van der Waals surface area contributed by atoms with Crippen molar-refractivity contribution in [2.45, 2.75) is 33.5 Å². The van der Waals surface area contributed by atoms with E-state index < -0.39 is 22.8 Å². The third kappa shape index (κ3) is 4.74. The van der Waals surface area contributed by atoms with Crippen molar-refractivity contribution >= 4 is 58.3 Å². The molecule has 0 spiro atoms. The van der Waals surface area contributed by atoms with Crippen LogP contribution in [0.25, 0.3) is 11.1 Å². The molecular weight excluding hydrogens is 645 g/mol. The molecular formula is C36H32N6O4S2. The zero-order valence-electron chi connectivity index (χ0n) is 26.1. The van der Waals surface area contributed by atoms with Gasteiger partial charge in [-0.3, -0.25) is 20.4 Å². The number of aliphatic carboxylic acids is 2. The van der Waals surface area contributed by atoms with Crippen LogP contribution in [0.1, 0.15) is 46.2 Å². The highest BCUT2D eigenvalue weighted by molar-refractivity contribution is 7.98. The van der Waals surface area contributed by atoms with Crippen molar-refractivity contribution in [3.05, 3.63) is 118 Å². The highest BCUT2D eigenvalue weighted by atomic mass is 32.2. The van der Waals surface area contributed by atoms with Crippen molar-refractivity contribution < 1.29 is 19.8 Å². The summed E-state index contributed by atoms with van der Waals surface area (Å²) < 4.78 is 0. The highest BCUT2D eigenvalue weighted by Gasteiger charge is 2.51. The minimum Gasteiger partial charge on any atom is -0.480 e. The summed E-state index contributed by atoms with van der Waals surface area (Å²) in [5, 5.41) is 46.6. The van der Waals surface area contributed by atoms with Gasteiger partial charge in [-0.1, -0.05) is 72.8 Å². The lowest BCUT2D eigenvalue weighted by Crippen LogP contribution is -2.46. The SMILES string of the molecule is CSc1cc(-c2ccc(C3(C(=O)O)C/C(=N\N)C(=N)c4ccccc43)c(SC)c2)ccc1C1(C(=O)O)C/C(=N/N)C(=N)c2ccccc21. The first-order valence-corrected chi connectivity index (χ1v) is 17.3. The van der Waals surface area contributed by atoms with E-state index in [-0.39, 0.29) is 35.7 Å². The van der Waals surface area contributed by atoms with Crippen LogP contribution in [-0.2, 0) is 20.4 Å². The molecule has 2 atom stereocenters. The fraction of sp³-hybridized carbons (Fsp3) is 0.167. The van der Waals surface area contributed by atoms with Crippen LogP contribution in [-0.4, -0.2) is 57.5 Å². The van der Waals surface area contributed by atoms with E-state index in [4.69, 9.17) is 22.5 Å². The molecule has 48 heavy (non-hydrogen) atoms. The highest BCUT2D eigenvalue weighted by Crippen LogP contribution is 2.48. The Kier molecular flexibility index (Phi) is 8.48. The lowest BCUT2D eigenvalue weighted by Gasteiger charge is -2.38. The fourth-order valence-corrected chi connectivity index (χ4v) is 8.50. The molecule has 2 aliphatic carbocycles. The molecule has 242 valence electrons. The number of nitrogens with one attached hydrogen (secondary N) is 2. The number of rotatable bonds is 7. The monoisotopic (exact) mass is 676 g/mol. The number of hydrazone groups is 2. The lowest BCUT2D eigenvalue weighted by atomic mass is 9.64. The minimum absolute atomic E-state index is 0.0722. The molecule has 2 aliphatic rings. The predicted molar refractivity (Wildman–Crippen MR) is 191 cm³/mol. The van der Waals surface area contributed by atoms with E-state index in [0.717, 1.165) is 20.9 Å². The Balaban J connectivity index is 1.51. The van der Waals surface area contributed by atoms with Crippen LogP contribution in [0.15, 0.2) is 105 Å². The van der Waals surface area contributed by atoms with E-state index in [9.17, 15) is 19.8 Å². The van der Waals surface area contributed by atoms with Crippen LogP contribution in [0.4, 0.5) is 0 Å². The van der Waals surface area contributed by atoms with Crippen LogP contribution in [0.2, 0.25) is 0 Å². The summed E-state index contributed by atoms with van der Waals surface area (Å²) in [6.45, 7) is 0. The first-order valence-electron chi connectivity index (χ1n) is 14.8. The van der Waals surface area contributed by atoms with Crippen LogP contribution in [0, 0.1) is 10.8 Å². The van der Waals surface area contributed by atoms with Gasteiger partial charge in [0.2, 0.25) is 0 Å². The van der Waals surface area contributed by atoms with Gasteiger partial charge in [-0.25, -0.2) is 0 Å². The summed E-state index contributed by atoms with van der Waals surface area (Å²) in [7, 11) is 0. The molecule has 0 amide bonds. The lowest BCUT2D eigenvalue weighted by molar-refractivity contribution is -0.143. The van der Waals surface area contributed by atoms with Crippen LogP contribution in [0.5, 0.6) is 0 Å². The van der Waals surface area contributed by atoms with Gasteiger partial charge in [0, 0.05) is 33.8 Å². The third-order valence-corrected chi connectivity index (χ3v) is 11.0. The minimum atomic E-state index is -1.53. The Morgan fingerprint density at radius 2 is 1.02 bits per heavy atom. The van der Waals surface area contributed by atoms with Gasteiger partial charge in [-0.15, -0.1) is 23.5 Å². The molecule has 12 heteroatoms. The molecule has 0 fully saturated rings. The molecule has 2 unspecified atom stereocenters. The van der Waals surface area contributed by atoms with Crippen molar-refractivity contribution in [3.63, 3.8) is 0 Å². The Bertz CT molecular complexity index is 1960. The molecule has 6 rings (SSSR count). The van der Waals surface area contributed by atoms with Gasteiger partial charge >= 0.3 is 11.9 Å². The van der Waals surface area contributed by atoms with Gasteiger partial charge < -0.3 is 21.9 Å². The maximum Gasteiger partial charge on any atom is 0.319 e. The smallest absolute Gasteiger partial charge is 0.319 e. The van der Waals surface area contributed by atoms with Gasteiger partial charge in [-0.05, 0) is 58.0 Å². The maximum atomic E-state index is 13.3. The number of nitrogens with zero attached hydrogens (tertiary/aromatic N) is 2. The van der Waals surface area contributed by atoms with Gasteiger partial charge in [0.05, 0.1) is 22.8 Å². The number of fused-ring (bicyclic) bond motifs is 2. The second-order valence-electron chi connectivity index (χ2n) is 11.6.